The highest BCUT2D eigenvalue weighted by atomic mass is 16.4. The van der Waals surface area contributed by atoms with E-state index in [1.165, 1.54) is 13.0 Å². The zero-order valence-corrected chi connectivity index (χ0v) is 6.70. The van der Waals surface area contributed by atoms with Crippen LogP contribution in [0.2, 0.25) is 0 Å². The van der Waals surface area contributed by atoms with Crippen LogP contribution in [0.15, 0.2) is 12.2 Å². The first-order valence-corrected chi connectivity index (χ1v) is 3.49. The molecule has 0 aliphatic carbocycles. The largest absolute Gasteiger partial charge is 0.480 e. The van der Waals surface area contributed by atoms with Gasteiger partial charge in [0.1, 0.15) is 11.7 Å². The molecule has 1 unspecified atom stereocenters. The van der Waals surface area contributed by atoms with E-state index in [0.717, 1.165) is 6.42 Å². The lowest BCUT2D eigenvalue weighted by atomic mass is 10.1. The van der Waals surface area contributed by atoms with Crippen LogP contribution in [0.4, 0.5) is 0 Å². The highest BCUT2D eigenvalue weighted by Crippen LogP contribution is 2.01. The lowest BCUT2D eigenvalue weighted by Crippen LogP contribution is -2.18. The number of hydrogen-bond acceptors (Lipinski definition) is 2. The van der Waals surface area contributed by atoms with Crippen LogP contribution < -0.4 is 0 Å². The number of allylic oxidation sites excluding steroid dienone is 1. The summed E-state index contributed by atoms with van der Waals surface area (Å²) in [5, 5.41) is 8.50. The van der Waals surface area contributed by atoms with Gasteiger partial charge in [0.15, 0.2) is 0 Å². The molecule has 0 rings (SSSR count). The summed E-state index contributed by atoms with van der Waals surface area (Å²) in [6, 6.07) is 0. The van der Waals surface area contributed by atoms with E-state index in [1.807, 2.05) is 6.92 Å². The first kappa shape index (κ1) is 9.88. The molecule has 0 fully saturated rings. The van der Waals surface area contributed by atoms with Crippen LogP contribution in [0.1, 0.15) is 20.3 Å². The van der Waals surface area contributed by atoms with Gasteiger partial charge in [-0.3, -0.25) is 9.59 Å². The maximum atomic E-state index is 10.7. The van der Waals surface area contributed by atoms with Crippen LogP contribution >= 0.6 is 0 Å². The molecular formula is C8H12O3. The summed E-state index contributed by atoms with van der Waals surface area (Å²) in [5.41, 5.74) is 0. The van der Waals surface area contributed by atoms with E-state index in [1.54, 1.807) is 6.08 Å². The fraction of sp³-hybridized carbons (Fsp3) is 0.500. The quantitative estimate of drug-likeness (QED) is 0.492. The van der Waals surface area contributed by atoms with Crippen LogP contribution in [0.25, 0.3) is 0 Å². The van der Waals surface area contributed by atoms with Gasteiger partial charge in [0.25, 0.3) is 0 Å². The Morgan fingerprint density at radius 2 is 2.09 bits per heavy atom. The van der Waals surface area contributed by atoms with Gasteiger partial charge >= 0.3 is 5.97 Å². The normalized spacial score (nSPS) is 13.3. The smallest absolute Gasteiger partial charge is 0.317 e. The Kier molecular flexibility index (Phi) is 4.18. The Balaban J connectivity index is 4.23. The third-order valence-electron chi connectivity index (χ3n) is 1.27. The maximum absolute atomic E-state index is 10.7. The molecule has 62 valence electrons. The summed E-state index contributed by atoms with van der Waals surface area (Å²) in [6.45, 7) is 3.16. The molecule has 0 aromatic heterocycles. The molecule has 1 atom stereocenters. The maximum Gasteiger partial charge on any atom is 0.317 e. The number of aliphatic carboxylic acids is 1. The Labute approximate surface area is 65.7 Å². The van der Waals surface area contributed by atoms with Crippen LogP contribution in [0.3, 0.4) is 0 Å². The lowest BCUT2D eigenvalue weighted by Gasteiger charge is -2.00. The second kappa shape index (κ2) is 4.66. The second-order valence-electron chi connectivity index (χ2n) is 2.26. The van der Waals surface area contributed by atoms with Crippen molar-refractivity contribution in [2.24, 2.45) is 5.92 Å². The van der Waals surface area contributed by atoms with E-state index >= 15 is 0 Å². The van der Waals surface area contributed by atoms with Gasteiger partial charge < -0.3 is 5.11 Å². The number of ketones is 1. The molecular weight excluding hydrogens is 144 g/mol. The van der Waals surface area contributed by atoms with Gasteiger partial charge in [0.05, 0.1) is 0 Å². The first-order valence-electron chi connectivity index (χ1n) is 3.49. The van der Waals surface area contributed by atoms with E-state index in [0.29, 0.717) is 0 Å². The lowest BCUT2D eigenvalue weighted by molar-refractivity contribution is -0.143. The van der Waals surface area contributed by atoms with Gasteiger partial charge in [-0.2, -0.15) is 0 Å². The molecule has 0 aliphatic heterocycles. The molecule has 0 aromatic carbocycles. The molecule has 0 heterocycles. The predicted octanol–water partition coefficient (Wildman–Crippen LogP) is 1.24. The molecule has 0 saturated carbocycles. The summed E-state index contributed by atoms with van der Waals surface area (Å²) in [7, 11) is 0. The van der Waals surface area contributed by atoms with Crippen molar-refractivity contribution in [2.45, 2.75) is 20.3 Å². The van der Waals surface area contributed by atoms with Crippen molar-refractivity contribution in [3.05, 3.63) is 12.2 Å². The molecule has 0 radical (unpaired) electrons. The number of hydrogen-bond donors (Lipinski definition) is 1. The molecule has 0 saturated heterocycles. The van der Waals surface area contributed by atoms with Gasteiger partial charge in [-0.1, -0.05) is 19.1 Å². The number of carboxylic acids is 1. The monoisotopic (exact) mass is 156 g/mol. The molecule has 0 aliphatic rings. The molecule has 1 N–H and O–H groups in total. The van der Waals surface area contributed by atoms with E-state index in [2.05, 4.69) is 0 Å². The van der Waals surface area contributed by atoms with Gasteiger partial charge in [-0.25, -0.2) is 0 Å². The van der Waals surface area contributed by atoms with Crippen molar-refractivity contribution in [3.63, 3.8) is 0 Å². The summed E-state index contributed by atoms with van der Waals surface area (Å²) < 4.78 is 0. The van der Waals surface area contributed by atoms with Crippen LogP contribution in [-0.2, 0) is 9.59 Å². The summed E-state index contributed by atoms with van der Waals surface area (Å²) in [6.07, 6.45) is 3.85. The molecule has 3 nitrogen and oxygen atoms in total. The van der Waals surface area contributed by atoms with Gasteiger partial charge in [0, 0.05) is 0 Å². The minimum absolute atomic E-state index is 0.331. The standard InChI is InChI=1S/C8H12O3/c1-3-4-5-7(6(2)9)8(10)11/h4-5,7H,3H2,1-2H3,(H,10,11)/b5-4+. The number of Topliss-reactive ketones (excluding diaryl/α,β-unsaturated/α-hetero) is 1. The number of rotatable bonds is 4. The summed E-state index contributed by atoms with van der Waals surface area (Å²) in [4.78, 5) is 21.0. The van der Waals surface area contributed by atoms with Crippen molar-refractivity contribution < 1.29 is 14.7 Å². The third-order valence-corrected chi connectivity index (χ3v) is 1.27. The average molecular weight is 156 g/mol. The molecule has 0 spiro atoms. The SMILES string of the molecule is CC/C=C/C(C(C)=O)C(=O)O. The minimum atomic E-state index is -1.08. The van der Waals surface area contributed by atoms with Gasteiger partial charge in [0.2, 0.25) is 0 Å². The minimum Gasteiger partial charge on any atom is -0.480 e. The van der Waals surface area contributed by atoms with Crippen molar-refractivity contribution in [1.82, 2.24) is 0 Å². The molecule has 3 heteroatoms. The van der Waals surface area contributed by atoms with Gasteiger partial charge in [-0.05, 0) is 13.3 Å². The average Bonchev–Trinajstić information content (AvgIpc) is 1.87. The predicted molar refractivity (Wildman–Crippen MR) is 41.2 cm³/mol. The Hall–Kier alpha value is -1.12. The van der Waals surface area contributed by atoms with Crippen molar-refractivity contribution in [3.8, 4) is 0 Å². The highest BCUT2D eigenvalue weighted by Gasteiger charge is 2.17. The number of carbonyl (C=O) groups is 2. The number of carboxylic acid groups (broad SMARTS) is 1. The van der Waals surface area contributed by atoms with Crippen molar-refractivity contribution in [1.29, 1.82) is 0 Å². The summed E-state index contributed by atoms with van der Waals surface area (Å²) >= 11 is 0. The van der Waals surface area contributed by atoms with Crippen molar-refractivity contribution >= 4 is 11.8 Å². The van der Waals surface area contributed by atoms with E-state index in [4.69, 9.17) is 5.11 Å². The zero-order chi connectivity index (χ0) is 8.85. The fourth-order valence-corrected chi connectivity index (χ4v) is 0.664. The van der Waals surface area contributed by atoms with Crippen LogP contribution in [-0.4, -0.2) is 16.9 Å². The van der Waals surface area contributed by atoms with Gasteiger partial charge in [-0.15, -0.1) is 0 Å². The number of carbonyl (C=O) groups excluding carboxylic acids is 1. The molecule has 11 heavy (non-hydrogen) atoms. The molecule has 0 aromatic rings. The van der Waals surface area contributed by atoms with Crippen LogP contribution in [0.5, 0.6) is 0 Å². The van der Waals surface area contributed by atoms with E-state index in [-0.39, 0.29) is 5.78 Å². The summed E-state index contributed by atoms with van der Waals surface area (Å²) in [5.74, 6) is -2.38. The zero-order valence-electron chi connectivity index (χ0n) is 6.70. The third kappa shape index (κ3) is 3.55. The van der Waals surface area contributed by atoms with E-state index in [9.17, 15) is 9.59 Å². The Bertz CT molecular complexity index is 168. The first-order chi connectivity index (χ1) is 5.09. The van der Waals surface area contributed by atoms with E-state index < -0.39 is 11.9 Å². The van der Waals surface area contributed by atoms with Crippen LogP contribution in [0, 0.1) is 5.92 Å². The second-order valence-corrected chi connectivity index (χ2v) is 2.26. The Morgan fingerprint density at radius 1 is 1.55 bits per heavy atom. The fourth-order valence-electron chi connectivity index (χ4n) is 0.664. The Morgan fingerprint density at radius 3 is 2.36 bits per heavy atom. The highest BCUT2D eigenvalue weighted by molar-refractivity contribution is 5.98. The van der Waals surface area contributed by atoms with Crippen molar-refractivity contribution in [2.75, 3.05) is 0 Å². The molecule has 0 amide bonds. The topological polar surface area (TPSA) is 54.4 Å². The molecule has 0 bridgehead atoms.